The standard InChI is InChI=1S/C32H49ClN4O8/c33-25-8-5-9-27(22-25)44-24-26(38)12-13-29-28(30(39)23-31(29)40)10-3-1-2-4-11-32(41)34-14-6-15-35-17-19-36(20-18-35)16-7-21-45-37(42)43/h1,3,5,8-9,12-13,22,26,28-31,38-40H,2,4,6-7,10-11,14-21,23-24H2,(H,34,41)/b3-1-,13-12+/t26-,28-,29-,30+,31-/m1/s1. The third-order valence-electron chi connectivity index (χ3n) is 8.29. The number of nitrogens with one attached hydrogen (secondary N) is 1. The van der Waals surface area contributed by atoms with Crippen molar-refractivity contribution < 1.29 is 34.8 Å². The van der Waals surface area contributed by atoms with Crippen molar-refractivity contribution in [2.75, 3.05) is 59.0 Å². The molecule has 1 saturated heterocycles. The Hall–Kier alpha value is -2.74. The highest BCUT2D eigenvalue weighted by molar-refractivity contribution is 6.30. The van der Waals surface area contributed by atoms with Gasteiger partial charge in [0.25, 0.3) is 5.09 Å². The summed E-state index contributed by atoms with van der Waals surface area (Å²) in [6, 6.07) is 6.94. The van der Waals surface area contributed by atoms with Crippen LogP contribution < -0.4 is 10.1 Å². The van der Waals surface area contributed by atoms with Gasteiger partial charge in [-0.3, -0.25) is 4.79 Å². The molecule has 5 atom stereocenters. The topological polar surface area (TPSA) is 158 Å². The second-order valence-electron chi connectivity index (χ2n) is 11.7. The number of amides is 1. The van der Waals surface area contributed by atoms with Crippen molar-refractivity contribution in [2.45, 2.75) is 63.3 Å². The van der Waals surface area contributed by atoms with E-state index in [0.717, 1.165) is 58.5 Å². The first-order chi connectivity index (χ1) is 21.7. The lowest BCUT2D eigenvalue weighted by Gasteiger charge is -2.34. The molecule has 13 heteroatoms. The van der Waals surface area contributed by atoms with E-state index in [1.165, 1.54) is 0 Å². The number of hydrogen-bond acceptors (Lipinski definition) is 10. The Morgan fingerprint density at radius 2 is 1.84 bits per heavy atom. The van der Waals surface area contributed by atoms with Crippen LogP contribution in [0, 0.1) is 22.0 Å². The molecule has 0 unspecified atom stereocenters. The largest absolute Gasteiger partial charge is 0.491 e. The second kappa shape index (κ2) is 20.4. The molecule has 1 amide bonds. The quantitative estimate of drug-likeness (QED) is 0.0714. The average Bonchev–Trinajstić information content (AvgIpc) is 3.28. The first-order valence-corrected chi connectivity index (χ1v) is 16.3. The molecule has 1 saturated carbocycles. The second-order valence-corrected chi connectivity index (χ2v) is 12.2. The number of aliphatic hydroxyl groups excluding tert-OH is 3. The summed E-state index contributed by atoms with van der Waals surface area (Å²) in [5.74, 6) is 0.174. The average molecular weight is 653 g/mol. The number of ether oxygens (including phenoxy) is 1. The van der Waals surface area contributed by atoms with E-state index in [9.17, 15) is 30.2 Å². The van der Waals surface area contributed by atoms with Gasteiger partial charge >= 0.3 is 0 Å². The molecule has 3 rings (SSSR count). The van der Waals surface area contributed by atoms with Gasteiger partial charge in [-0.05, 0) is 62.8 Å². The van der Waals surface area contributed by atoms with Gasteiger partial charge in [0.15, 0.2) is 0 Å². The summed E-state index contributed by atoms with van der Waals surface area (Å²) >= 11 is 5.96. The number of allylic oxidation sites excluding steroid dienone is 2. The fourth-order valence-corrected chi connectivity index (χ4v) is 5.97. The van der Waals surface area contributed by atoms with Crippen LogP contribution in [0.15, 0.2) is 48.6 Å². The zero-order valence-corrected chi connectivity index (χ0v) is 26.7. The molecule has 4 N–H and O–H groups in total. The minimum Gasteiger partial charge on any atom is -0.491 e. The molecule has 1 aliphatic carbocycles. The van der Waals surface area contributed by atoms with Gasteiger partial charge in [0.2, 0.25) is 5.91 Å². The molecule has 1 heterocycles. The van der Waals surface area contributed by atoms with Gasteiger partial charge in [0, 0.05) is 63.1 Å². The molecular formula is C32H49ClN4O8. The lowest BCUT2D eigenvalue weighted by molar-refractivity contribution is -0.757. The maximum Gasteiger partial charge on any atom is 0.294 e. The summed E-state index contributed by atoms with van der Waals surface area (Å²) < 4.78 is 5.57. The highest BCUT2D eigenvalue weighted by atomic mass is 35.5. The molecule has 0 radical (unpaired) electrons. The fourth-order valence-electron chi connectivity index (χ4n) is 5.79. The lowest BCUT2D eigenvalue weighted by Crippen LogP contribution is -2.47. The van der Waals surface area contributed by atoms with Crippen LogP contribution in [0.3, 0.4) is 0 Å². The van der Waals surface area contributed by atoms with Gasteiger partial charge < -0.3 is 40.0 Å². The van der Waals surface area contributed by atoms with Crippen molar-refractivity contribution in [2.24, 2.45) is 11.8 Å². The fraction of sp³-hybridized carbons (Fsp3) is 0.656. The zero-order chi connectivity index (χ0) is 32.4. The van der Waals surface area contributed by atoms with E-state index in [-0.39, 0.29) is 31.0 Å². The number of piperazine rings is 1. The molecule has 0 spiro atoms. The van der Waals surface area contributed by atoms with Gasteiger partial charge in [0.05, 0.1) is 18.8 Å². The summed E-state index contributed by atoms with van der Waals surface area (Å²) in [4.78, 5) is 31.5. The Bertz CT molecular complexity index is 1090. The van der Waals surface area contributed by atoms with Crippen molar-refractivity contribution in [1.29, 1.82) is 0 Å². The highest BCUT2D eigenvalue weighted by Crippen LogP contribution is 2.36. The van der Waals surface area contributed by atoms with E-state index in [2.05, 4.69) is 20.0 Å². The Kier molecular flexibility index (Phi) is 16.6. The number of carbonyl (C=O) groups excluding carboxylic acids is 1. The van der Waals surface area contributed by atoms with Crippen LogP contribution in [-0.2, 0) is 9.63 Å². The number of rotatable bonds is 20. The maximum atomic E-state index is 12.2. The number of hydrogen-bond donors (Lipinski definition) is 4. The number of halogens is 1. The summed E-state index contributed by atoms with van der Waals surface area (Å²) in [5, 5.41) is 44.3. The van der Waals surface area contributed by atoms with Crippen LogP contribution in [0.4, 0.5) is 0 Å². The molecule has 1 aromatic carbocycles. The maximum absolute atomic E-state index is 12.2. The number of nitrogens with zero attached hydrogens (tertiary/aromatic N) is 3. The zero-order valence-electron chi connectivity index (χ0n) is 25.9. The minimum atomic E-state index is -0.866. The van der Waals surface area contributed by atoms with E-state index in [1.54, 1.807) is 36.4 Å². The van der Waals surface area contributed by atoms with Crippen LogP contribution in [0.25, 0.3) is 0 Å². The van der Waals surface area contributed by atoms with Crippen molar-refractivity contribution in [3.63, 3.8) is 0 Å². The number of unbranched alkanes of at least 4 members (excludes halogenated alkanes) is 1. The van der Waals surface area contributed by atoms with Crippen LogP contribution >= 0.6 is 11.6 Å². The molecule has 1 aromatic rings. The number of aliphatic hydroxyl groups is 3. The van der Waals surface area contributed by atoms with Gasteiger partial charge in [-0.2, -0.15) is 0 Å². The molecule has 0 bridgehead atoms. The van der Waals surface area contributed by atoms with Gasteiger partial charge in [-0.1, -0.05) is 42.0 Å². The number of benzene rings is 1. The van der Waals surface area contributed by atoms with Crippen molar-refractivity contribution >= 4 is 17.5 Å². The van der Waals surface area contributed by atoms with Gasteiger partial charge in [-0.25, -0.2) is 0 Å². The van der Waals surface area contributed by atoms with E-state index >= 15 is 0 Å². The SMILES string of the molecule is O=C(CCC/C=C\C[C@@H]1[C@@H](/C=C/[C@@H](O)COc2cccc(Cl)c2)[C@H](O)C[C@@H]1O)NCCCN1CCN(CCCO[N+](=O)[O-])CC1. The summed E-state index contributed by atoms with van der Waals surface area (Å²) in [6.45, 7) is 6.31. The third kappa shape index (κ3) is 14.5. The minimum absolute atomic E-state index is 0.0441. The summed E-state index contributed by atoms with van der Waals surface area (Å²) in [7, 11) is 0. The smallest absolute Gasteiger partial charge is 0.294 e. The Balaban J connectivity index is 1.23. The predicted molar refractivity (Wildman–Crippen MR) is 171 cm³/mol. The molecule has 0 aromatic heterocycles. The molecular weight excluding hydrogens is 604 g/mol. The van der Waals surface area contributed by atoms with Crippen LogP contribution in [0.2, 0.25) is 5.02 Å². The van der Waals surface area contributed by atoms with Gasteiger partial charge in [-0.15, -0.1) is 10.1 Å². The lowest BCUT2D eigenvalue weighted by atomic mass is 9.89. The Morgan fingerprint density at radius 1 is 1.11 bits per heavy atom. The van der Waals surface area contributed by atoms with Crippen molar-refractivity contribution in [3.8, 4) is 5.75 Å². The Morgan fingerprint density at radius 3 is 2.56 bits per heavy atom. The molecule has 252 valence electrons. The predicted octanol–water partition coefficient (Wildman–Crippen LogP) is 2.83. The molecule has 2 fully saturated rings. The molecule has 12 nitrogen and oxygen atoms in total. The molecule has 1 aliphatic heterocycles. The highest BCUT2D eigenvalue weighted by Gasteiger charge is 2.39. The monoisotopic (exact) mass is 652 g/mol. The van der Waals surface area contributed by atoms with Crippen molar-refractivity contribution in [1.82, 2.24) is 15.1 Å². The Labute approximate surface area is 270 Å². The molecule has 45 heavy (non-hydrogen) atoms. The van der Waals surface area contributed by atoms with Crippen molar-refractivity contribution in [3.05, 3.63) is 63.7 Å². The normalized spacial score (nSPS) is 23.5. The first kappa shape index (κ1) is 36.7. The summed E-state index contributed by atoms with van der Waals surface area (Å²) in [6.07, 6.45) is 9.59. The van der Waals surface area contributed by atoms with Crippen LogP contribution in [-0.4, -0.2) is 113 Å². The van der Waals surface area contributed by atoms with Crippen LogP contribution in [0.5, 0.6) is 5.75 Å². The number of carbonyl (C=O) groups is 1. The van der Waals surface area contributed by atoms with E-state index in [0.29, 0.717) is 43.0 Å². The third-order valence-corrected chi connectivity index (χ3v) is 8.53. The van der Waals surface area contributed by atoms with E-state index < -0.39 is 23.4 Å². The van der Waals surface area contributed by atoms with E-state index in [4.69, 9.17) is 16.3 Å². The van der Waals surface area contributed by atoms with E-state index in [1.807, 2.05) is 12.2 Å². The molecule has 2 aliphatic rings. The summed E-state index contributed by atoms with van der Waals surface area (Å²) in [5.41, 5.74) is 0. The first-order valence-electron chi connectivity index (χ1n) is 16.0. The van der Waals surface area contributed by atoms with Gasteiger partial charge in [0.1, 0.15) is 18.5 Å². The van der Waals surface area contributed by atoms with Crippen LogP contribution in [0.1, 0.15) is 44.9 Å².